The van der Waals surface area contributed by atoms with E-state index in [1.165, 1.54) is 24.8 Å². The molecule has 0 bridgehead atoms. The molecule has 0 unspecified atom stereocenters. The molecule has 1 N–H and O–H groups in total. The zero-order chi connectivity index (χ0) is 13.0. The predicted molar refractivity (Wildman–Crippen MR) is 76.2 cm³/mol. The second-order valence-electron chi connectivity index (χ2n) is 5.50. The molecule has 2 nitrogen and oxygen atoms in total. The van der Waals surface area contributed by atoms with Crippen LogP contribution in [-0.2, 0) is 5.41 Å². The van der Waals surface area contributed by atoms with Gasteiger partial charge in [-0.3, -0.25) is 0 Å². The molecule has 1 aliphatic heterocycles. The highest BCUT2D eigenvalue weighted by Gasteiger charge is 2.38. The smallest absolute Gasteiger partial charge is 0.119 e. The average molecular weight is 247 g/mol. The van der Waals surface area contributed by atoms with Crippen LogP contribution in [0, 0.1) is 5.92 Å². The Balaban J connectivity index is 2.38. The van der Waals surface area contributed by atoms with Crippen LogP contribution in [0.1, 0.15) is 38.7 Å². The van der Waals surface area contributed by atoms with E-state index >= 15 is 0 Å². The van der Waals surface area contributed by atoms with Crippen LogP contribution >= 0.6 is 0 Å². The van der Waals surface area contributed by atoms with Crippen molar-refractivity contribution in [2.24, 2.45) is 5.92 Å². The van der Waals surface area contributed by atoms with E-state index in [4.69, 9.17) is 4.74 Å². The van der Waals surface area contributed by atoms with Gasteiger partial charge in [0.05, 0.1) is 7.11 Å². The summed E-state index contributed by atoms with van der Waals surface area (Å²) in [6, 6.07) is 8.64. The average Bonchev–Trinajstić information content (AvgIpc) is 2.42. The Morgan fingerprint density at radius 3 is 2.94 bits per heavy atom. The first-order valence-electron chi connectivity index (χ1n) is 7.08. The molecular weight excluding hydrogens is 222 g/mol. The largest absolute Gasteiger partial charge is 0.497 e. The second kappa shape index (κ2) is 5.75. The van der Waals surface area contributed by atoms with Crippen LogP contribution in [0.15, 0.2) is 24.3 Å². The van der Waals surface area contributed by atoms with Crippen LogP contribution in [0.4, 0.5) is 0 Å². The monoisotopic (exact) mass is 247 g/mol. The van der Waals surface area contributed by atoms with Crippen molar-refractivity contribution >= 4 is 0 Å². The van der Waals surface area contributed by atoms with Gasteiger partial charge in [0.1, 0.15) is 5.75 Å². The normalized spacial score (nSPS) is 28.1. The van der Waals surface area contributed by atoms with Gasteiger partial charge in [-0.15, -0.1) is 0 Å². The maximum Gasteiger partial charge on any atom is 0.119 e. The summed E-state index contributed by atoms with van der Waals surface area (Å²) < 4.78 is 5.38. The molecule has 1 aromatic rings. The van der Waals surface area contributed by atoms with Crippen molar-refractivity contribution in [3.05, 3.63) is 29.8 Å². The number of nitrogens with one attached hydrogen (secondary N) is 1. The van der Waals surface area contributed by atoms with Crippen molar-refractivity contribution in [2.45, 2.75) is 38.5 Å². The molecule has 0 spiro atoms. The molecule has 1 aromatic carbocycles. The highest BCUT2D eigenvalue weighted by molar-refractivity contribution is 5.35. The minimum atomic E-state index is 0.279. The molecule has 0 aromatic heterocycles. The number of hydrogen-bond acceptors (Lipinski definition) is 2. The lowest BCUT2D eigenvalue weighted by Crippen LogP contribution is -2.48. The lowest BCUT2D eigenvalue weighted by Gasteiger charge is -2.44. The third kappa shape index (κ3) is 2.39. The molecule has 1 heterocycles. The highest BCUT2D eigenvalue weighted by Crippen LogP contribution is 2.41. The third-order valence-electron chi connectivity index (χ3n) is 4.48. The first-order valence-corrected chi connectivity index (χ1v) is 7.08. The Morgan fingerprint density at radius 1 is 1.44 bits per heavy atom. The van der Waals surface area contributed by atoms with Gasteiger partial charge in [0.2, 0.25) is 0 Å². The van der Waals surface area contributed by atoms with Gasteiger partial charge in [0, 0.05) is 12.0 Å². The van der Waals surface area contributed by atoms with Gasteiger partial charge >= 0.3 is 0 Å². The molecule has 0 saturated carbocycles. The lowest BCUT2D eigenvalue weighted by molar-refractivity contribution is 0.201. The summed E-state index contributed by atoms with van der Waals surface area (Å²) in [4.78, 5) is 0. The summed E-state index contributed by atoms with van der Waals surface area (Å²) in [7, 11) is 1.74. The van der Waals surface area contributed by atoms with E-state index in [9.17, 15) is 0 Å². The molecule has 18 heavy (non-hydrogen) atoms. The van der Waals surface area contributed by atoms with Crippen LogP contribution < -0.4 is 10.1 Å². The highest BCUT2D eigenvalue weighted by atomic mass is 16.5. The van der Waals surface area contributed by atoms with Crippen molar-refractivity contribution in [2.75, 3.05) is 20.2 Å². The van der Waals surface area contributed by atoms with E-state index in [0.717, 1.165) is 24.8 Å². The molecule has 2 atom stereocenters. The van der Waals surface area contributed by atoms with Crippen molar-refractivity contribution in [3.63, 3.8) is 0 Å². The van der Waals surface area contributed by atoms with E-state index in [1.807, 2.05) is 6.07 Å². The van der Waals surface area contributed by atoms with Gasteiger partial charge in [0.15, 0.2) is 0 Å². The molecule has 1 fully saturated rings. The number of rotatable bonds is 4. The summed E-state index contributed by atoms with van der Waals surface area (Å²) in [6.45, 7) is 6.92. The fourth-order valence-corrected chi connectivity index (χ4v) is 3.33. The molecular formula is C16H25NO. The van der Waals surface area contributed by atoms with Crippen LogP contribution in [0.25, 0.3) is 0 Å². The van der Waals surface area contributed by atoms with Gasteiger partial charge in [-0.1, -0.05) is 32.4 Å². The van der Waals surface area contributed by atoms with E-state index in [-0.39, 0.29) is 5.41 Å². The van der Waals surface area contributed by atoms with Gasteiger partial charge in [-0.2, -0.15) is 0 Å². The first-order chi connectivity index (χ1) is 8.73. The Bertz CT molecular complexity index is 386. The maximum atomic E-state index is 5.38. The van der Waals surface area contributed by atoms with Gasteiger partial charge in [-0.05, 0) is 43.0 Å². The molecule has 1 saturated heterocycles. The Kier molecular flexibility index (Phi) is 4.28. The van der Waals surface area contributed by atoms with E-state index in [1.54, 1.807) is 7.11 Å². The zero-order valence-electron chi connectivity index (χ0n) is 11.8. The number of ether oxygens (including phenoxy) is 1. The Morgan fingerprint density at radius 2 is 2.28 bits per heavy atom. The van der Waals surface area contributed by atoms with E-state index in [0.29, 0.717) is 0 Å². The van der Waals surface area contributed by atoms with Crippen LogP contribution in [0.2, 0.25) is 0 Å². The number of benzene rings is 1. The summed E-state index contributed by atoms with van der Waals surface area (Å²) in [6.07, 6.45) is 3.73. The minimum absolute atomic E-state index is 0.279. The fourth-order valence-electron chi connectivity index (χ4n) is 3.33. The Labute approximate surface area is 111 Å². The first kappa shape index (κ1) is 13.4. The molecule has 100 valence electrons. The van der Waals surface area contributed by atoms with Crippen LogP contribution in [0.3, 0.4) is 0 Å². The summed E-state index contributed by atoms with van der Waals surface area (Å²) in [5.41, 5.74) is 1.71. The number of piperidine rings is 1. The van der Waals surface area contributed by atoms with Crippen LogP contribution in [0.5, 0.6) is 5.75 Å². The molecule has 1 aliphatic rings. The SMILES string of the molecule is CCC[C@]1(c2cccc(OC)c2)CNCC[C@@H]1C. The second-order valence-corrected chi connectivity index (χ2v) is 5.50. The van der Waals surface area contributed by atoms with Crippen molar-refractivity contribution in [1.29, 1.82) is 0 Å². The molecule has 0 radical (unpaired) electrons. The molecule has 0 amide bonds. The van der Waals surface area contributed by atoms with Crippen LogP contribution in [-0.4, -0.2) is 20.2 Å². The molecule has 2 rings (SSSR count). The number of hydrogen-bond donors (Lipinski definition) is 1. The Hall–Kier alpha value is -1.02. The fraction of sp³-hybridized carbons (Fsp3) is 0.625. The summed E-state index contributed by atoms with van der Waals surface area (Å²) >= 11 is 0. The third-order valence-corrected chi connectivity index (χ3v) is 4.48. The van der Waals surface area contributed by atoms with E-state index in [2.05, 4.69) is 37.4 Å². The van der Waals surface area contributed by atoms with Gasteiger partial charge in [-0.25, -0.2) is 0 Å². The zero-order valence-corrected chi connectivity index (χ0v) is 11.8. The maximum absolute atomic E-state index is 5.38. The summed E-state index contributed by atoms with van der Waals surface area (Å²) in [5.74, 6) is 1.70. The van der Waals surface area contributed by atoms with Gasteiger partial charge < -0.3 is 10.1 Å². The topological polar surface area (TPSA) is 21.3 Å². The number of methoxy groups -OCH3 is 1. The van der Waals surface area contributed by atoms with Gasteiger partial charge in [0.25, 0.3) is 0 Å². The minimum Gasteiger partial charge on any atom is -0.497 e. The quantitative estimate of drug-likeness (QED) is 0.881. The predicted octanol–water partition coefficient (Wildman–Crippen LogP) is 3.36. The lowest BCUT2D eigenvalue weighted by atomic mass is 9.65. The van der Waals surface area contributed by atoms with Crippen molar-refractivity contribution in [1.82, 2.24) is 5.32 Å². The summed E-state index contributed by atoms with van der Waals surface area (Å²) in [5, 5.41) is 3.59. The molecule has 2 heteroatoms. The standard InChI is InChI=1S/C16H25NO/c1-4-9-16(12-17-10-8-13(16)2)14-6-5-7-15(11-14)18-3/h5-7,11,13,17H,4,8-10,12H2,1-3H3/t13-,16-/m0/s1. The van der Waals surface area contributed by atoms with Crippen molar-refractivity contribution < 1.29 is 4.74 Å². The molecule has 0 aliphatic carbocycles. The van der Waals surface area contributed by atoms with Crippen molar-refractivity contribution in [3.8, 4) is 5.75 Å². The van der Waals surface area contributed by atoms with E-state index < -0.39 is 0 Å².